The standard InChI is InChI=1S/C29H30Br2NO/c1-5-32-25-9-7-6-8-24(25)29(2,3)26(32)19-12-20-10-13-21(14-11-20)27(30)28(31)22-15-17-23(33-4)18-16-22/h6-19,27-28H,5H2,1-4H3/q+1/b19-12+/t27-,28+/m0/s1. The van der Waals surface area contributed by atoms with Gasteiger partial charge in [0.15, 0.2) is 5.71 Å². The molecule has 0 aromatic heterocycles. The molecule has 0 spiro atoms. The number of allylic oxidation sites excluding steroid dienone is 1. The summed E-state index contributed by atoms with van der Waals surface area (Å²) in [6.07, 6.45) is 4.52. The van der Waals surface area contributed by atoms with Crippen molar-refractivity contribution in [2.24, 2.45) is 0 Å². The Morgan fingerprint density at radius 3 is 2.00 bits per heavy atom. The lowest BCUT2D eigenvalue weighted by Gasteiger charge is -2.18. The number of alkyl halides is 2. The third kappa shape index (κ3) is 4.74. The molecule has 0 fully saturated rings. The lowest BCUT2D eigenvalue weighted by molar-refractivity contribution is -0.433. The third-order valence-electron chi connectivity index (χ3n) is 6.50. The highest BCUT2D eigenvalue weighted by molar-refractivity contribution is 9.12. The third-order valence-corrected chi connectivity index (χ3v) is 9.32. The van der Waals surface area contributed by atoms with E-state index in [1.54, 1.807) is 7.11 Å². The van der Waals surface area contributed by atoms with Crippen molar-refractivity contribution in [2.45, 2.75) is 35.8 Å². The van der Waals surface area contributed by atoms with Gasteiger partial charge in [0.25, 0.3) is 0 Å². The zero-order valence-electron chi connectivity index (χ0n) is 19.6. The van der Waals surface area contributed by atoms with Gasteiger partial charge in [-0.25, -0.2) is 0 Å². The van der Waals surface area contributed by atoms with E-state index in [0.717, 1.165) is 12.3 Å². The van der Waals surface area contributed by atoms with Crippen molar-refractivity contribution in [2.75, 3.05) is 13.7 Å². The maximum Gasteiger partial charge on any atom is 0.209 e. The lowest BCUT2D eigenvalue weighted by atomic mass is 9.81. The molecule has 3 aromatic rings. The smallest absolute Gasteiger partial charge is 0.209 e. The largest absolute Gasteiger partial charge is 0.497 e. The predicted molar refractivity (Wildman–Crippen MR) is 147 cm³/mol. The summed E-state index contributed by atoms with van der Waals surface area (Å²) in [7, 11) is 1.69. The summed E-state index contributed by atoms with van der Waals surface area (Å²) >= 11 is 7.74. The first-order valence-electron chi connectivity index (χ1n) is 11.3. The summed E-state index contributed by atoms with van der Waals surface area (Å²) in [5, 5.41) is 0. The molecule has 0 aliphatic carbocycles. The van der Waals surface area contributed by atoms with E-state index in [1.807, 2.05) is 12.1 Å². The number of para-hydroxylation sites is 1. The first-order chi connectivity index (χ1) is 15.9. The second kappa shape index (κ2) is 9.99. The summed E-state index contributed by atoms with van der Waals surface area (Å²) in [6, 6.07) is 25.7. The molecule has 1 aliphatic heterocycles. The Hall–Kier alpha value is -2.17. The molecule has 0 N–H and O–H groups in total. The highest BCUT2D eigenvalue weighted by atomic mass is 79.9. The number of fused-ring (bicyclic) bond motifs is 1. The minimum atomic E-state index is -0.00839. The topological polar surface area (TPSA) is 12.2 Å². The van der Waals surface area contributed by atoms with E-state index in [9.17, 15) is 0 Å². The van der Waals surface area contributed by atoms with E-state index in [-0.39, 0.29) is 15.1 Å². The summed E-state index contributed by atoms with van der Waals surface area (Å²) in [6.45, 7) is 7.81. The van der Waals surface area contributed by atoms with Gasteiger partial charge in [-0.15, -0.1) is 0 Å². The fourth-order valence-corrected chi connectivity index (χ4v) is 5.79. The Balaban J connectivity index is 1.53. The molecule has 2 atom stereocenters. The zero-order chi connectivity index (χ0) is 23.6. The highest BCUT2D eigenvalue weighted by Gasteiger charge is 2.43. The number of hydrogen-bond donors (Lipinski definition) is 0. The van der Waals surface area contributed by atoms with E-state index in [2.05, 4.69) is 130 Å². The summed E-state index contributed by atoms with van der Waals surface area (Å²) < 4.78 is 7.70. The summed E-state index contributed by atoms with van der Waals surface area (Å²) in [5.74, 6) is 0.869. The minimum Gasteiger partial charge on any atom is -0.497 e. The van der Waals surface area contributed by atoms with Crippen molar-refractivity contribution in [3.05, 3.63) is 101 Å². The van der Waals surface area contributed by atoms with Crippen LogP contribution in [0.5, 0.6) is 5.75 Å². The first-order valence-corrected chi connectivity index (χ1v) is 13.1. The van der Waals surface area contributed by atoms with Crippen LogP contribution in [0.15, 0.2) is 78.9 Å². The Kier molecular flexibility index (Phi) is 7.25. The molecule has 0 bridgehead atoms. The average molecular weight is 568 g/mol. The Morgan fingerprint density at radius 1 is 0.848 bits per heavy atom. The van der Waals surface area contributed by atoms with Crippen LogP contribution in [0.2, 0.25) is 0 Å². The molecular weight excluding hydrogens is 538 g/mol. The van der Waals surface area contributed by atoms with Crippen LogP contribution in [0, 0.1) is 0 Å². The van der Waals surface area contributed by atoms with Crippen LogP contribution in [0.1, 0.15) is 52.7 Å². The lowest BCUT2D eigenvalue weighted by Crippen LogP contribution is -2.27. The van der Waals surface area contributed by atoms with Crippen molar-refractivity contribution in [1.29, 1.82) is 0 Å². The molecule has 0 amide bonds. The van der Waals surface area contributed by atoms with E-state index in [1.165, 1.54) is 33.7 Å². The maximum atomic E-state index is 5.27. The van der Waals surface area contributed by atoms with Gasteiger partial charge < -0.3 is 4.74 Å². The molecule has 0 radical (unpaired) electrons. The number of methoxy groups -OCH3 is 1. The summed E-state index contributed by atoms with van der Waals surface area (Å²) in [5.41, 5.74) is 7.70. The van der Waals surface area contributed by atoms with Crippen molar-refractivity contribution >= 4 is 49.3 Å². The fourth-order valence-electron chi connectivity index (χ4n) is 4.57. The highest BCUT2D eigenvalue weighted by Crippen LogP contribution is 2.43. The van der Waals surface area contributed by atoms with Crippen LogP contribution < -0.4 is 4.74 Å². The number of nitrogens with zero attached hydrogens (tertiary/aromatic N) is 1. The van der Waals surface area contributed by atoms with Crippen LogP contribution >= 0.6 is 31.9 Å². The molecule has 3 aromatic carbocycles. The Bertz CT molecular complexity index is 1180. The van der Waals surface area contributed by atoms with E-state index >= 15 is 0 Å². The van der Waals surface area contributed by atoms with Crippen molar-refractivity contribution in [3.8, 4) is 5.75 Å². The predicted octanol–water partition coefficient (Wildman–Crippen LogP) is 8.38. The first kappa shape index (κ1) is 24.0. The number of halogens is 2. The molecule has 1 aliphatic rings. The Labute approximate surface area is 214 Å². The Morgan fingerprint density at radius 2 is 1.42 bits per heavy atom. The van der Waals surface area contributed by atoms with Gasteiger partial charge in [-0.3, -0.25) is 0 Å². The molecule has 170 valence electrons. The van der Waals surface area contributed by atoms with Crippen LogP contribution in [-0.2, 0) is 5.41 Å². The van der Waals surface area contributed by atoms with Crippen LogP contribution in [0.25, 0.3) is 6.08 Å². The van der Waals surface area contributed by atoms with E-state index in [0.29, 0.717) is 0 Å². The normalized spacial score (nSPS) is 16.7. The molecule has 1 heterocycles. The molecule has 2 nitrogen and oxygen atoms in total. The average Bonchev–Trinajstić information content (AvgIpc) is 3.08. The molecule has 0 saturated carbocycles. The SMILES string of the molecule is CC[N+]1=C(/C=C/c2ccc([C@H](Br)[C@H](Br)c3ccc(OC)cc3)cc2)C(C)(C)c2ccccc21. The van der Waals surface area contributed by atoms with Gasteiger partial charge in [-0.2, -0.15) is 4.58 Å². The second-order valence-electron chi connectivity index (χ2n) is 8.85. The minimum absolute atomic E-state index is 0.00839. The number of hydrogen-bond acceptors (Lipinski definition) is 1. The van der Waals surface area contributed by atoms with E-state index < -0.39 is 0 Å². The van der Waals surface area contributed by atoms with Gasteiger partial charge in [0.1, 0.15) is 12.3 Å². The van der Waals surface area contributed by atoms with Gasteiger partial charge in [0.2, 0.25) is 5.69 Å². The number of rotatable bonds is 7. The second-order valence-corrected chi connectivity index (χ2v) is 10.8. The van der Waals surface area contributed by atoms with Crippen molar-refractivity contribution in [1.82, 2.24) is 0 Å². The molecule has 33 heavy (non-hydrogen) atoms. The molecule has 0 unspecified atom stereocenters. The van der Waals surface area contributed by atoms with Gasteiger partial charge in [-0.1, -0.05) is 86.5 Å². The van der Waals surface area contributed by atoms with Gasteiger partial charge in [0.05, 0.1) is 22.2 Å². The van der Waals surface area contributed by atoms with E-state index in [4.69, 9.17) is 4.74 Å². The molecular formula is C29H30Br2NO+. The summed E-state index contributed by atoms with van der Waals surface area (Å²) in [4.78, 5) is 0.327. The zero-order valence-corrected chi connectivity index (χ0v) is 22.7. The van der Waals surface area contributed by atoms with Crippen LogP contribution in [-0.4, -0.2) is 23.9 Å². The number of ether oxygens (including phenoxy) is 1. The maximum absolute atomic E-state index is 5.27. The van der Waals surface area contributed by atoms with Crippen LogP contribution in [0.4, 0.5) is 5.69 Å². The van der Waals surface area contributed by atoms with Crippen LogP contribution in [0.3, 0.4) is 0 Å². The molecule has 4 rings (SSSR count). The van der Waals surface area contributed by atoms with Gasteiger partial charge in [-0.05, 0) is 55.7 Å². The van der Waals surface area contributed by atoms with Crippen molar-refractivity contribution < 1.29 is 9.31 Å². The fraction of sp³-hybridized carbons (Fsp3) is 0.276. The number of benzene rings is 3. The monoisotopic (exact) mass is 566 g/mol. The van der Waals surface area contributed by atoms with Crippen molar-refractivity contribution in [3.63, 3.8) is 0 Å². The van der Waals surface area contributed by atoms with Gasteiger partial charge in [0, 0.05) is 17.7 Å². The molecule has 0 saturated heterocycles. The van der Waals surface area contributed by atoms with Gasteiger partial charge >= 0.3 is 0 Å². The molecule has 4 heteroatoms. The quantitative estimate of drug-likeness (QED) is 0.206.